The highest BCUT2D eigenvalue weighted by Gasteiger charge is 2.36. The topological polar surface area (TPSA) is 43.4 Å². The minimum absolute atomic E-state index is 0.126. The van der Waals surface area contributed by atoms with Crippen molar-refractivity contribution in [1.82, 2.24) is 0 Å². The molecule has 21 heavy (non-hydrogen) atoms. The second kappa shape index (κ2) is 7.96. The molecule has 0 heterocycles. The zero-order chi connectivity index (χ0) is 15.9. The molecule has 0 bridgehead atoms. The third kappa shape index (κ3) is 5.00. The molecule has 1 atom stereocenters. The van der Waals surface area contributed by atoms with Crippen molar-refractivity contribution in [3.05, 3.63) is 35.9 Å². The number of carbonyl (C=O) groups excluding carboxylic acids is 2. The first-order valence-corrected chi connectivity index (χ1v) is 7.79. The van der Waals surface area contributed by atoms with Crippen molar-refractivity contribution in [2.24, 2.45) is 5.92 Å². The molecule has 0 aromatic heterocycles. The first kappa shape index (κ1) is 17.4. The van der Waals surface area contributed by atoms with Gasteiger partial charge in [-0.05, 0) is 38.8 Å². The summed E-state index contributed by atoms with van der Waals surface area (Å²) >= 11 is 0. The number of ketones is 1. The molecule has 1 aromatic rings. The van der Waals surface area contributed by atoms with Gasteiger partial charge in [0.25, 0.3) is 0 Å². The fraction of sp³-hybridized carbons (Fsp3) is 0.556. The van der Waals surface area contributed by atoms with Gasteiger partial charge in [-0.25, -0.2) is 4.79 Å². The summed E-state index contributed by atoms with van der Waals surface area (Å²) in [4.78, 5) is 23.6. The number of carbonyl (C=O) groups is 2. The maximum absolute atomic E-state index is 12.1. The molecular weight excluding hydrogens is 264 g/mol. The molecule has 1 unspecified atom stereocenters. The van der Waals surface area contributed by atoms with Gasteiger partial charge in [0.15, 0.2) is 0 Å². The van der Waals surface area contributed by atoms with Gasteiger partial charge in [-0.15, -0.1) is 0 Å². The Bertz CT molecular complexity index is 463. The number of hydrogen-bond acceptors (Lipinski definition) is 3. The van der Waals surface area contributed by atoms with Gasteiger partial charge in [-0.1, -0.05) is 32.0 Å². The minimum atomic E-state index is -0.594. The number of Topliss-reactive ketones (excluding diaryl/α,β-unsaturated/α-hetero) is 1. The Morgan fingerprint density at radius 1 is 1.19 bits per heavy atom. The van der Waals surface area contributed by atoms with Gasteiger partial charge >= 0.3 is 5.97 Å². The van der Waals surface area contributed by atoms with E-state index in [4.69, 9.17) is 4.74 Å². The van der Waals surface area contributed by atoms with Gasteiger partial charge in [0.1, 0.15) is 11.4 Å². The van der Waals surface area contributed by atoms with E-state index in [-0.39, 0.29) is 17.7 Å². The lowest BCUT2D eigenvalue weighted by atomic mass is 9.78. The van der Waals surface area contributed by atoms with E-state index >= 15 is 0 Å². The van der Waals surface area contributed by atoms with E-state index in [9.17, 15) is 9.59 Å². The van der Waals surface area contributed by atoms with Crippen LogP contribution in [-0.2, 0) is 9.53 Å². The van der Waals surface area contributed by atoms with Gasteiger partial charge in [0, 0.05) is 18.8 Å². The van der Waals surface area contributed by atoms with Crippen LogP contribution in [0.3, 0.4) is 0 Å². The van der Waals surface area contributed by atoms with Gasteiger partial charge in [0.05, 0.1) is 5.56 Å². The molecule has 2 rings (SSSR count). The Hall–Kier alpha value is -1.64. The number of rotatable bonds is 3. The first-order chi connectivity index (χ1) is 9.99. The number of esters is 1. The second-order valence-electron chi connectivity index (χ2n) is 5.69. The number of hydrogen-bond donors (Lipinski definition) is 0. The molecule has 0 saturated heterocycles. The monoisotopic (exact) mass is 290 g/mol. The van der Waals surface area contributed by atoms with Crippen LogP contribution in [0.25, 0.3) is 0 Å². The van der Waals surface area contributed by atoms with Crippen LogP contribution in [0.15, 0.2) is 30.3 Å². The average Bonchev–Trinajstić information content (AvgIpc) is 2.50. The van der Waals surface area contributed by atoms with Crippen molar-refractivity contribution in [3.8, 4) is 0 Å². The highest BCUT2D eigenvalue weighted by atomic mass is 16.6. The van der Waals surface area contributed by atoms with Crippen molar-refractivity contribution in [2.75, 3.05) is 0 Å². The molecule has 0 amide bonds. The first-order valence-electron chi connectivity index (χ1n) is 7.79. The fourth-order valence-corrected chi connectivity index (χ4v) is 2.57. The summed E-state index contributed by atoms with van der Waals surface area (Å²) in [7, 11) is 0. The zero-order valence-electron chi connectivity index (χ0n) is 13.5. The molecule has 0 radical (unpaired) electrons. The van der Waals surface area contributed by atoms with E-state index in [0.717, 1.165) is 12.8 Å². The predicted octanol–water partition coefficient (Wildman–Crippen LogP) is 4.41. The lowest BCUT2D eigenvalue weighted by Gasteiger charge is -2.35. The maximum atomic E-state index is 12.1. The van der Waals surface area contributed by atoms with Gasteiger partial charge in [-0.3, -0.25) is 4.79 Å². The third-order valence-corrected chi connectivity index (χ3v) is 3.83. The largest absolute Gasteiger partial charge is 0.456 e. The molecule has 0 spiro atoms. The van der Waals surface area contributed by atoms with Crippen LogP contribution < -0.4 is 0 Å². The van der Waals surface area contributed by atoms with Gasteiger partial charge in [-0.2, -0.15) is 0 Å². The smallest absolute Gasteiger partial charge is 0.338 e. The molecule has 1 fully saturated rings. The zero-order valence-corrected chi connectivity index (χ0v) is 13.5. The van der Waals surface area contributed by atoms with Crippen LogP contribution in [-0.4, -0.2) is 17.4 Å². The standard InChI is InChI=1S/C16H20O3.C2H6/c1-16(2,13-9-6-10-14(17)11-13)19-15(18)12-7-4-3-5-8-12;1-2/h3-5,7-8,13H,6,9-11H2,1-2H3;1-2H3. The van der Waals surface area contributed by atoms with Crippen LogP contribution in [0, 0.1) is 5.92 Å². The van der Waals surface area contributed by atoms with E-state index in [1.165, 1.54) is 0 Å². The van der Waals surface area contributed by atoms with Crippen molar-refractivity contribution in [1.29, 1.82) is 0 Å². The Labute approximate surface area is 127 Å². The molecule has 0 N–H and O–H groups in total. The van der Waals surface area contributed by atoms with Gasteiger partial charge in [0.2, 0.25) is 0 Å². The predicted molar refractivity (Wildman–Crippen MR) is 84.2 cm³/mol. The average molecular weight is 290 g/mol. The molecule has 0 aliphatic heterocycles. The Morgan fingerprint density at radius 3 is 2.38 bits per heavy atom. The highest BCUT2D eigenvalue weighted by Crippen LogP contribution is 2.33. The molecule has 116 valence electrons. The lowest BCUT2D eigenvalue weighted by molar-refractivity contribution is -0.125. The molecule has 1 saturated carbocycles. The molecule has 3 nitrogen and oxygen atoms in total. The molecule has 1 aromatic carbocycles. The summed E-state index contributed by atoms with van der Waals surface area (Å²) < 4.78 is 5.62. The molecule has 1 aliphatic carbocycles. The summed E-state index contributed by atoms with van der Waals surface area (Å²) in [6.07, 6.45) is 3.03. The van der Waals surface area contributed by atoms with E-state index < -0.39 is 5.60 Å². The Kier molecular flexibility index (Phi) is 6.60. The van der Waals surface area contributed by atoms with E-state index in [1.807, 2.05) is 45.9 Å². The third-order valence-electron chi connectivity index (χ3n) is 3.83. The Morgan fingerprint density at radius 2 is 1.81 bits per heavy atom. The molecule has 1 aliphatic rings. The molecular formula is C18H26O3. The van der Waals surface area contributed by atoms with Crippen molar-refractivity contribution in [2.45, 2.75) is 59.0 Å². The van der Waals surface area contributed by atoms with E-state index in [0.29, 0.717) is 18.4 Å². The maximum Gasteiger partial charge on any atom is 0.338 e. The van der Waals surface area contributed by atoms with E-state index in [1.54, 1.807) is 12.1 Å². The van der Waals surface area contributed by atoms with Crippen LogP contribution >= 0.6 is 0 Å². The molecule has 3 heteroatoms. The normalized spacial score (nSPS) is 18.5. The SMILES string of the molecule is CC.CC(C)(OC(=O)c1ccccc1)C1CCCC(=O)C1. The van der Waals surface area contributed by atoms with Crippen LogP contribution in [0.5, 0.6) is 0 Å². The second-order valence-corrected chi connectivity index (χ2v) is 5.69. The summed E-state index contributed by atoms with van der Waals surface area (Å²) in [6, 6.07) is 8.97. The quantitative estimate of drug-likeness (QED) is 0.775. The number of ether oxygens (including phenoxy) is 1. The summed E-state index contributed by atoms with van der Waals surface area (Å²) in [6.45, 7) is 7.80. The summed E-state index contributed by atoms with van der Waals surface area (Å²) in [5.41, 5.74) is -0.0408. The van der Waals surface area contributed by atoms with Crippen molar-refractivity contribution >= 4 is 11.8 Å². The summed E-state index contributed by atoms with van der Waals surface area (Å²) in [5.74, 6) is 0.0881. The van der Waals surface area contributed by atoms with Gasteiger partial charge < -0.3 is 4.74 Å². The van der Waals surface area contributed by atoms with Crippen molar-refractivity contribution in [3.63, 3.8) is 0 Å². The summed E-state index contributed by atoms with van der Waals surface area (Å²) in [5, 5.41) is 0. The lowest BCUT2D eigenvalue weighted by Crippen LogP contribution is -2.39. The van der Waals surface area contributed by atoms with Crippen molar-refractivity contribution < 1.29 is 14.3 Å². The highest BCUT2D eigenvalue weighted by molar-refractivity contribution is 5.89. The van der Waals surface area contributed by atoms with Crippen LogP contribution in [0.1, 0.15) is 63.7 Å². The minimum Gasteiger partial charge on any atom is -0.456 e. The van der Waals surface area contributed by atoms with E-state index in [2.05, 4.69) is 0 Å². The number of benzene rings is 1. The van der Waals surface area contributed by atoms with Crippen LogP contribution in [0.4, 0.5) is 0 Å². The Balaban J connectivity index is 0.00000106. The van der Waals surface area contributed by atoms with Crippen LogP contribution in [0.2, 0.25) is 0 Å². The fourth-order valence-electron chi connectivity index (χ4n) is 2.57.